The number of halogens is 3. The summed E-state index contributed by atoms with van der Waals surface area (Å²) in [5, 5.41) is 2.64. The van der Waals surface area contributed by atoms with Crippen LogP contribution in [0, 0.1) is 5.92 Å². The topological polar surface area (TPSA) is 32.3 Å². The monoisotopic (exact) mass is 314 g/mol. The first kappa shape index (κ1) is 16.8. The summed E-state index contributed by atoms with van der Waals surface area (Å²) in [6, 6.07) is 4.51. The van der Waals surface area contributed by atoms with E-state index in [1.165, 1.54) is 12.1 Å². The standard InChI is InChI=1S/C16H21F3N2O/c1-12-6-9-21(10-7-12)11-8-15(22)20-14-4-2-13(3-5-14)16(17,18)19/h2-5,12H,6-11H2,1H3,(H,20,22). The maximum atomic E-state index is 12.4. The molecule has 0 saturated carbocycles. The molecule has 6 heteroatoms. The highest BCUT2D eigenvalue weighted by molar-refractivity contribution is 5.90. The van der Waals surface area contributed by atoms with Gasteiger partial charge in [0, 0.05) is 18.7 Å². The van der Waals surface area contributed by atoms with Crippen molar-refractivity contribution in [1.82, 2.24) is 4.90 Å². The highest BCUT2D eigenvalue weighted by Gasteiger charge is 2.30. The maximum absolute atomic E-state index is 12.4. The van der Waals surface area contributed by atoms with Gasteiger partial charge < -0.3 is 10.2 Å². The average molecular weight is 314 g/mol. The smallest absolute Gasteiger partial charge is 0.326 e. The molecule has 0 atom stereocenters. The molecular formula is C16H21F3N2O. The van der Waals surface area contributed by atoms with Crippen molar-refractivity contribution in [3.63, 3.8) is 0 Å². The maximum Gasteiger partial charge on any atom is 0.416 e. The number of benzene rings is 1. The van der Waals surface area contributed by atoms with Crippen molar-refractivity contribution >= 4 is 11.6 Å². The second-order valence-corrected chi connectivity index (χ2v) is 5.90. The minimum Gasteiger partial charge on any atom is -0.326 e. The second kappa shape index (κ2) is 7.13. The number of hydrogen-bond donors (Lipinski definition) is 1. The van der Waals surface area contributed by atoms with Crippen molar-refractivity contribution < 1.29 is 18.0 Å². The van der Waals surface area contributed by atoms with Crippen LogP contribution in [-0.2, 0) is 11.0 Å². The van der Waals surface area contributed by atoms with Crippen LogP contribution in [0.4, 0.5) is 18.9 Å². The van der Waals surface area contributed by atoms with Gasteiger partial charge in [-0.25, -0.2) is 0 Å². The zero-order valence-electron chi connectivity index (χ0n) is 12.6. The molecule has 0 unspecified atom stereocenters. The van der Waals surface area contributed by atoms with E-state index in [9.17, 15) is 18.0 Å². The first-order chi connectivity index (χ1) is 10.3. The van der Waals surface area contributed by atoms with Gasteiger partial charge in [-0.15, -0.1) is 0 Å². The van der Waals surface area contributed by atoms with Crippen LogP contribution >= 0.6 is 0 Å². The van der Waals surface area contributed by atoms with E-state index in [-0.39, 0.29) is 5.91 Å². The van der Waals surface area contributed by atoms with Crippen LogP contribution in [-0.4, -0.2) is 30.4 Å². The Balaban J connectivity index is 1.77. The number of carbonyl (C=O) groups is 1. The summed E-state index contributed by atoms with van der Waals surface area (Å²) < 4.78 is 37.3. The molecule has 1 aliphatic rings. The Hall–Kier alpha value is -1.56. The molecule has 1 aliphatic heterocycles. The largest absolute Gasteiger partial charge is 0.416 e. The number of hydrogen-bond acceptors (Lipinski definition) is 2. The number of nitrogens with zero attached hydrogens (tertiary/aromatic N) is 1. The van der Waals surface area contributed by atoms with Gasteiger partial charge in [0.2, 0.25) is 5.91 Å². The van der Waals surface area contributed by atoms with Crippen molar-refractivity contribution in [2.45, 2.75) is 32.4 Å². The molecule has 3 nitrogen and oxygen atoms in total. The molecule has 0 aliphatic carbocycles. The Morgan fingerprint density at radius 3 is 2.36 bits per heavy atom. The van der Waals surface area contributed by atoms with Crippen LogP contribution in [0.2, 0.25) is 0 Å². The molecule has 1 aromatic carbocycles. The quantitative estimate of drug-likeness (QED) is 0.917. The second-order valence-electron chi connectivity index (χ2n) is 5.90. The third kappa shape index (κ3) is 5.02. The molecule has 22 heavy (non-hydrogen) atoms. The Kier molecular flexibility index (Phi) is 5.45. The fourth-order valence-electron chi connectivity index (χ4n) is 2.51. The van der Waals surface area contributed by atoms with Gasteiger partial charge in [0.1, 0.15) is 0 Å². The summed E-state index contributed by atoms with van der Waals surface area (Å²) >= 11 is 0. The minimum atomic E-state index is -4.35. The highest BCUT2D eigenvalue weighted by atomic mass is 19.4. The molecule has 1 aromatic rings. The van der Waals surface area contributed by atoms with E-state index in [2.05, 4.69) is 17.1 Å². The van der Waals surface area contributed by atoms with Gasteiger partial charge in [-0.3, -0.25) is 4.79 Å². The predicted octanol–water partition coefficient (Wildman–Crippen LogP) is 3.77. The molecule has 0 radical (unpaired) electrons. The molecule has 1 fully saturated rings. The number of amides is 1. The van der Waals surface area contributed by atoms with Gasteiger partial charge in [-0.05, 0) is 56.1 Å². The van der Waals surface area contributed by atoms with Gasteiger partial charge in [0.05, 0.1) is 5.56 Å². The number of piperidine rings is 1. The lowest BCUT2D eigenvalue weighted by molar-refractivity contribution is -0.137. The van der Waals surface area contributed by atoms with Crippen LogP contribution in [0.5, 0.6) is 0 Å². The van der Waals surface area contributed by atoms with Crippen molar-refractivity contribution in [1.29, 1.82) is 0 Å². The van der Waals surface area contributed by atoms with E-state index < -0.39 is 11.7 Å². The molecule has 1 N–H and O–H groups in total. The van der Waals surface area contributed by atoms with E-state index in [1.807, 2.05) is 0 Å². The molecule has 1 saturated heterocycles. The zero-order valence-corrected chi connectivity index (χ0v) is 12.6. The average Bonchev–Trinajstić information content (AvgIpc) is 2.46. The van der Waals surface area contributed by atoms with Gasteiger partial charge >= 0.3 is 6.18 Å². The predicted molar refractivity (Wildman–Crippen MR) is 79.5 cm³/mol. The van der Waals surface area contributed by atoms with Gasteiger partial charge in [-0.2, -0.15) is 13.2 Å². The lowest BCUT2D eigenvalue weighted by Gasteiger charge is -2.29. The fourth-order valence-corrected chi connectivity index (χ4v) is 2.51. The third-order valence-electron chi connectivity index (χ3n) is 4.03. The molecule has 2 rings (SSSR count). The molecule has 1 heterocycles. The van der Waals surface area contributed by atoms with E-state index in [0.29, 0.717) is 18.7 Å². The van der Waals surface area contributed by atoms with Crippen molar-refractivity contribution in [2.24, 2.45) is 5.92 Å². The number of carbonyl (C=O) groups excluding carboxylic acids is 1. The molecule has 122 valence electrons. The van der Waals surface area contributed by atoms with E-state index in [4.69, 9.17) is 0 Å². The van der Waals surface area contributed by atoms with Crippen LogP contribution in [0.15, 0.2) is 24.3 Å². The SMILES string of the molecule is CC1CCN(CCC(=O)Nc2ccc(C(F)(F)F)cc2)CC1. The lowest BCUT2D eigenvalue weighted by Crippen LogP contribution is -2.35. The number of likely N-dealkylation sites (tertiary alicyclic amines) is 1. The van der Waals surface area contributed by atoms with Gasteiger partial charge in [0.15, 0.2) is 0 Å². The van der Waals surface area contributed by atoms with Crippen molar-refractivity contribution in [2.75, 3.05) is 25.0 Å². The summed E-state index contributed by atoms with van der Waals surface area (Å²) in [6.07, 6.45) is -1.69. The molecule has 0 spiro atoms. The molecule has 1 amide bonds. The Morgan fingerprint density at radius 1 is 1.23 bits per heavy atom. The number of anilines is 1. The summed E-state index contributed by atoms with van der Waals surface area (Å²) in [5.74, 6) is 0.579. The normalized spacial score (nSPS) is 17.5. The first-order valence-electron chi connectivity index (χ1n) is 7.54. The number of nitrogens with one attached hydrogen (secondary N) is 1. The zero-order chi connectivity index (χ0) is 16.2. The Labute approximate surface area is 128 Å². The molecule has 0 bridgehead atoms. The van der Waals surface area contributed by atoms with Crippen molar-refractivity contribution in [3.05, 3.63) is 29.8 Å². The van der Waals surface area contributed by atoms with E-state index in [0.717, 1.165) is 44.0 Å². The first-order valence-corrected chi connectivity index (χ1v) is 7.54. The van der Waals surface area contributed by atoms with Crippen molar-refractivity contribution in [3.8, 4) is 0 Å². The highest BCUT2D eigenvalue weighted by Crippen LogP contribution is 2.29. The van der Waals surface area contributed by atoms with Gasteiger partial charge in [-0.1, -0.05) is 6.92 Å². The van der Waals surface area contributed by atoms with Crippen LogP contribution in [0.3, 0.4) is 0 Å². The summed E-state index contributed by atoms with van der Waals surface area (Å²) in [5.41, 5.74) is -0.321. The van der Waals surface area contributed by atoms with E-state index in [1.54, 1.807) is 0 Å². The number of alkyl halides is 3. The van der Waals surface area contributed by atoms with Crippen LogP contribution < -0.4 is 5.32 Å². The minimum absolute atomic E-state index is 0.168. The Bertz CT molecular complexity index is 491. The lowest BCUT2D eigenvalue weighted by atomic mass is 9.99. The summed E-state index contributed by atoms with van der Waals surface area (Å²) in [7, 11) is 0. The van der Waals surface area contributed by atoms with Gasteiger partial charge in [0.25, 0.3) is 0 Å². The summed E-state index contributed by atoms with van der Waals surface area (Å²) in [6.45, 7) is 4.94. The summed E-state index contributed by atoms with van der Waals surface area (Å²) in [4.78, 5) is 14.1. The number of rotatable bonds is 4. The Morgan fingerprint density at radius 2 is 1.82 bits per heavy atom. The van der Waals surface area contributed by atoms with E-state index >= 15 is 0 Å². The third-order valence-corrected chi connectivity index (χ3v) is 4.03. The fraction of sp³-hybridized carbons (Fsp3) is 0.562. The molecule has 0 aromatic heterocycles. The van der Waals surface area contributed by atoms with Crippen LogP contribution in [0.25, 0.3) is 0 Å². The molecular weight excluding hydrogens is 293 g/mol. The van der Waals surface area contributed by atoms with Crippen LogP contribution in [0.1, 0.15) is 31.7 Å².